The molecule has 2 aromatic rings. The van der Waals surface area contributed by atoms with Crippen LogP contribution in [0.4, 0.5) is 0 Å². The summed E-state index contributed by atoms with van der Waals surface area (Å²) in [5, 5.41) is 1.28. The maximum Gasteiger partial charge on any atom is 0.250 e. The van der Waals surface area contributed by atoms with Crippen molar-refractivity contribution in [3.8, 4) is 0 Å². The Morgan fingerprint density at radius 2 is 1.84 bits per heavy atom. The van der Waals surface area contributed by atoms with Gasteiger partial charge in [0.2, 0.25) is 11.8 Å². The Labute approximate surface area is 229 Å². The Balaban J connectivity index is 1.41. The smallest absolute Gasteiger partial charge is 0.250 e. The van der Waals surface area contributed by atoms with E-state index >= 15 is 0 Å². The molecule has 2 unspecified atom stereocenters. The minimum Gasteiger partial charge on any atom is -0.337 e. The Kier molecular flexibility index (Phi) is 8.85. The number of benzene rings is 1. The predicted octanol–water partition coefficient (Wildman–Crippen LogP) is 3.93. The molecule has 204 valence electrons. The lowest BCUT2D eigenvalue weighted by molar-refractivity contribution is -0.143. The van der Waals surface area contributed by atoms with Crippen LogP contribution in [-0.4, -0.2) is 85.3 Å². The SMILES string of the molecule is CC(C)N(CC1CCCN1C(=O)CN1CCCC(NS(=O)(=O)c2cc3cc(Cl)ccc3s2)C1=O)C(C)C. The van der Waals surface area contributed by atoms with E-state index in [-0.39, 0.29) is 28.6 Å². The largest absolute Gasteiger partial charge is 0.337 e. The topological polar surface area (TPSA) is 90.0 Å². The molecule has 0 radical (unpaired) electrons. The lowest BCUT2D eigenvalue weighted by Crippen LogP contribution is -2.55. The number of amides is 2. The second kappa shape index (κ2) is 11.6. The van der Waals surface area contributed by atoms with Gasteiger partial charge in [0.1, 0.15) is 10.3 Å². The first-order chi connectivity index (χ1) is 17.5. The van der Waals surface area contributed by atoms with E-state index < -0.39 is 16.1 Å². The molecule has 1 aromatic carbocycles. The zero-order chi connectivity index (χ0) is 26.9. The average molecular weight is 569 g/mol. The zero-order valence-corrected chi connectivity index (χ0v) is 24.3. The van der Waals surface area contributed by atoms with Crippen LogP contribution in [-0.2, 0) is 19.6 Å². The molecule has 3 heterocycles. The van der Waals surface area contributed by atoms with E-state index in [1.54, 1.807) is 24.3 Å². The van der Waals surface area contributed by atoms with Crippen molar-refractivity contribution < 1.29 is 18.0 Å². The second-order valence-corrected chi connectivity index (χ2v) is 14.1. The number of hydrogen-bond donors (Lipinski definition) is 1. The number of sulfonamides is 1. The molecule has 2 aliphatic rings. The van der Waals surface area contributed by atoms with E-state index in [0.29, 0.717) is 43.0 Å². The predicted molar refractivity (Wildman–Crippen MR) is 148 cm³/mol. The van der Waals surface area contributed by atoms with Crippen LogP contribution in [0.3, 0.4) is 0 Å². The lowest BCUT2D eigenvalue weighted by Gasteiger charge is -2.37. The average Bonchev–Trinajstić information content (AvgIpc) is 3.46. The molecule has 2 atom stereocenters. The summed E-state index contributed by atoms with van der Waals surface area (Å²) < 4.78 is 29.8. The van der Waals surface area contributed by atoms with E-state index in [0.717, 1.165) is 40.8 Å². The lowest BCUT2D eigenvalue weighted by atomic mass is 10.1. The van der Waals surface area contributed by atoms with E-state index in [2.05, 4.69) is 37.3 Å². The highest BCUT2D eigenvalue weighted by Crippen LogP contribution is 2.31. The van der Waals surface area contributed by atoms with Crippen LogP contribution in [0.2, 0.25) is 5.02 Å². The summed E-state index contributed by atoms with van der Waals surface area (Å²) in [7, 11) is -3.90. The molecule has 1 N–H and O–H groups in total. The highest BCUT2D eigenvalue weighted by atomic mass is 35.5. The molecule has 37 heavy (non-hydrogen) atoms. The van der Waals surface area contributed by atoms with Crippen LogP contribution in [0.1, 0.15) is 53.4 Å². The Hall–Kier alpha value is -1.72. The maximum atomic E-state index is 13.3. The number of piperidine rings is 1. The molecule has 2 fully saturated rings. The Morgan fingerprint density at radius 3 is 2.54 bits per heavy atom. The fourth-order valence-electron chi connectivity index (χ4n) is 5.44. The number of carbonyl (C=O) groups excluding carboxylic acids is 2. The van der Waals surface area contributed by atoms with Crippen molar-refractivity contribution in [3.63, 3.8) is 0 Å². The van der Waals surface area contributed by atoms with Crippen LogP contribution >= 0.6 is 22.9 Å². The molecule has 2 aliphatic heterocycles. The second-order valence-electron chi connectivity index (χ2n) is 10.6. The van der Waals surface area contributed by atoms with Crippen molar-refractivity contribution in [2.75, 3.05) is 26.2 Å². The fraction of sp³-hybridized carbons (Fsp3) is 0.615. The van der Waals surface area contributed by atoms with Crippen molar-refractivity contribution in [2.45, 2.75) is 81.8 Å². The molecule has 0 aliphatic carbocycles. The summed E-state index contributed by atoms with van der Waals surface area (Å²) in [5.41, 5.74) is 0. The monoisotopic (exact) mass is 568 g/mol. The van der Waals surface area contributed by atoms with Crippen molar-refractivity contribution in [1.82, 2.24) is 19.4 Å². The number of thiophene rings is 1. The highest BCUT2D eigenvalue weighted by Gasteiger charge is 2.37. The van der Waals surface area contributed by atoms with Gasteiger partial charge in [0.05, 0.1) is 6.54 Å². The van der Waals surface area contributed by atoms with E-state index in [1.165, 1.54) is 4.90 Å². The molecule has 4 rings (SSSR count). The van der Waals surface area contributed by atoms with Crippen LogP contribution in [0.25, 0.3) is 10.1 Å². The summed E-state index contributed by atoms with van der Waals surface area (Å²) in [5.74, 6) is -0.401. The molecule has 0 saturated carbocycles. The third-order valence-corrected chi connectivity index (χ3v) is 10.6. The molecule has 2 saturated heterocycles. The number of fused-ring (bicyclic) bond motifs is 1. The zero-order valence-electron chi connectivity index (χ0n) is 21.9. The summed E-state index contributed by atoms with van der Waals surface area (Å²) in [6, 6.07) is 6.82. The van der Waals surface area contributed by atoms with Gasteiger partial charge in [0.15, 0.2) is 0 Å². The standard InChI is InChI=1S/C26H37ClN4O4S2/c1-17(2)31(18(3)4)15-21-7-5-12-30(21)24(32)16-29-11-6-8-22(26(29)33)28-37(34,35)25-14-19-13-20(27)9-10-23(19)36-25/h9-10,13-14,17-18,21-22,28H,5-8,11-12,15-16H2,1-4H3. The van der Waals surface area contributed by atoms with Crippen LogP contribution in [0.5, 0.6) is 0 Å². The van der Waals surface area contributed by atoms with Gasteiger partial charge in [-0.1, -0.05) is 11.6 Å². The third-order valence-electron chi connectivity index (χ3n) is 7.32. The van der Waals surface area contributed by atoms with E-state index in [9.17, 15) is 18.0 Å². The van der Waals surface area contributed by atoms with Gasteiger partial charge >= 0.3 is 0 Å². The summed E-state index contributed by atoms with van der Waals surface area (Å²) in [6.45, 7) is 10.6. The first-order valence-electron chi connectivity index (χ1n) is 13.0. The number of likely N-dealkylation sites (tertiary alicyclic amines) is 2. The highest BCUT2D eigenvalue weighted by molar-refractivity contribution is 7.91. The number of nitrogens with one attached hydrogen (secondary N) is 1. The van der Waals surface area contributed by atoms with Crippen molar-refractivity contribution >= 4 is 54.9 Å². The molecular formula is C26H37ClN4O4S2. The quantitative estimate of drug-likeness (QED) is 0.495. The number of hydrogen-bond acceptors (Lipinski definition) is 6. The fourth-order valence-corrected chi connectivity index (χ4v) is 8.24. The molecule has 2 amide bonds. The summed E-state index contributed by atoms with van der Waals surface area (Å²) in [6.07, 6.45) is 2.95. The first kappa shape index (κ1) is 28.3. The Morgan fingerprint density at radius 1 is 1.14 bits per heavy atom. The van der Waals surface area contributed by atoms with Crippen molar-refractivity contribution in [1.29, 1.82) is 0 Å². The maximum absolute atomic E-state index is 13.3. The first-order valence-corrected chi connectivity index (χ1v) is 15.7. The summed E-state index contributed by atoms with van der Waals surface area (Å²) >= 11 is 7.18. The third kappa shape index (κ3) is 6.47. The van der Waals surface area contributed by atoms with Gasteiger partial charge < -0.3 is 9.80 Å². The molecule has 0 bridgehead atoms. The number of halogens is 1. The number of nitrogens with zero attached hydrogens (tertiary/aromatic N) is 3. The molecule has 8 nitrogen and oxygen atoms in total. The molecule has 0 spiro atoms. The Bertz CT molecular complexity index is 1240. The number of rotatable bonds is 9. The van der Waals surface area contributed by atoms with Crippen LogP contribution in [0, 0.1) is 0 Å². The van der Waals surface area contributed by atoms with Gasteiger partial charge in [-0.3, -0.25) is 14.5 Å². The minimum absolute atomic E-state index is 0.0156. The van der Waals surface area contributed by atoms with Gasteiger partial charge in [-0.25, -0.2) is 8.42 Å². The molecule has 1 aromatic heterocycles. The van der Waals surface area contributed by atoms with Gasteiger partial charge in [-0.15, -0.1) is 11.3 Å². The molecular weight excluding hydrogens is 532 g/mol. The van der Waals surface area contributed by atoms with Crippen LogP contribution in [0.15, 0.2) is 28.5 Å². The minimum atomic E-state index is -3.90. The van der Waals surface area contributed by atoms with E-state index in [1.807, 2.05) is 4.90 Å². The van der Waals surface area contributed by atoms with Gasteiger partial charge in [-0.2, -0.15) is 4.72 Å². The number of carbonyl (C=O) groups is 2. The molecule has 11 heteroatoms. The van der Waals surface area contributed by atoms with Crippen molar-refractivity contribution in [3.05, 3.63) is 29.3 Å². The normalized spacial score (nSPS) is 21.2. The summed E-state index contributed by atoms with van der Waals surface area (Å²) in [4.78, 5) is 32.4. The van der Waals surface area contributed by atoms with E-state index in [4.69, 9.17) is 11.6 Å². The van der Waals surface area contributed by atoms with Crippen molar-refractivity contribution in [2.24, 2.45) is 0 Å². The van der Waals surface area contributed by atoms with Gasteiger partial charge in [0.25, 0.3) is 10.0 Å². The van der Waals surface area contributed by atoms with Crippen LogP contribution < -0.4 is 4.72 Å². The van der Waals surface area contributed by atoms with Gasteiger partial charge in [0, 0.05) is 47.5 Å². The van der Waals surface area contributed by atoms with Gasteiger partial charge in [-0.05, 0) is 83.0 Å².